The molecule has 0 radical (unpaired) electrons. The van der Waals surface area contributed by atoms with Gasteiger partial charge in [0, 0.05) is 24.7 Å². The maximum Gasteiger partial charge on any atom is 0.407 e. The molecule has 1 heterocycles. The minimum atomic E-state index is -0.479. The van der Waals surface area contributed by atoms with Crippen LogP contribution in [0.2, 0.25) is 0 Å². The number of hydrogen-bond acceptors (Lipinski definition) is 5. The van der Waals surface area contributed by atoms with Crippen LogP contribution in [0.3, 0.4) is 0 Å². The highest BCUT2D eigenvalue weighted by Crippen LogP contribution is 2.12. The maximum atomic E-state index is 11.8. The molecule has 132 valence electrons. The number of amides is 1. The topological polar surface area (TPSA) is 76.4 Å². The van der Waals surface area contributed by atoms with Crippen molar-refractivity contribution in [3.63, 3.8) is 0 Å². The molecule has 0 aromatic carbocycles. The summed E-state index contributed by atoms with van der Waals surface area (Å²) < 4.78 is 10.5. The van der Waals surface area contributed by atoms with Gasteiger partial charge in [0.15, 0.2) is 0 Å². The van der Waals surface area contributed by atoms with Crippen molar-refractivity contribution in [2.75, 3.05) is 6.54 Å². The molecule has 0 aliphatic rings. The van der Waals surface area contributed by atoms with Crippen molar-refractivity contribution < 1.29 is 14.1 Å². The van der Waals surface area contributed by atoms with E-state index in [2.05, 4.69) is 22.7 Å². The van der Waals surface area contributed by atoms with Crippen LogP contribution in [0.4, 0.5) is 4.79 Å². The molecule has 0 saturated carbocycles. The van der Waals surface area contributed by atoms with Gasteiger partial charge in [-0.05, 0) is 41.0 Å². The molecule has 2 N–H and O–H groups in total. The number of ether oxygens (including phenoxy) is 1. The van der Waals surface area contributed by atoms with Gasteiger partial charge in [0.05, 0.1) is 5.69 Å². The minimum Gasteiger partial charge on any atom is -0.444 e. The van der Waals surface area contributed by atoms with Crippen LogP contribution < -0.4 is 10.6 Å². The summed E-state index contributed by atoms with van der Waals surface area (Å²) in [5, 5.41) is 10.3. The molecule has 6 nitrogen and oxygen atoms in total. The number of nitrogens with zero attached hydrogens (tertiary/aromatic N) is 1. The molecule has 1 rings (SSSR count). The molecule has 1 aromatic rings. The second-order valence-corrected chi connectivity index (χ2v) is 6.91. The third-order valence-corrected chi connectivity index (χ3v) is 3.55. The third-order valence-electron chi connectivity index (χ3n) is 3.55. The van der Waals surface area contributed by atoms with E-state index in [1.54, 1.807) is 0 Å². The minimum absolute atomic E-state index is 0.191. The molecule has 1 unspecified atom stereocenters. The quantitative estimate of drug-likeness (QED) is 0.765. The van der Waals surface area contributed by atoms with Gasteiger partial charge in [0.1, 0.15) is 11.4 Å². The van der Waals surface area contributed by atoms with E-state index in [0.717, 1.165) is 36.3 Å². The normalized spacial score (nSPS) is 13.0. The van der Waals surface area contributed by atoms with E-state index in [-0.39, 0.29) is 12.1 Å². The molecule has 6 heteroatoms. The fourth-order valence-corrected chi connectivity index (χ4v) is 2.25. The van der Waals surface area contributed by atoms with Gasteiger partial charge in [-0.3, -0.25) is 0 Å². The highest BCUT2D eigenvalue weighted by molar-refractivity contribution is 5.67. The van der Waals surface area contributed by atoms with Crippen molar-refractivity contribution in [3.05, 3.63) is 17.0 Å². The van der Waals surface area contributed by atoms with Crippen LogP contribution in [0.15, 0.2) is 4.52 Å². The predicted molar refractivity (Wildman–Crippen MR) is 90.4 cm³/mol. The summed E-state index contributed by atoms with van der Waals surface area (Å²) in [6, 6.07) is 0.191. The Kier molecular flexibility index (Phi) is 7.55. The number of carbonyl (C=O) groups excluding carboxylic acids is 1. The number of carbonyl (C=O) groups is 1. The third kappa shape index (κ3) is 7.50. The molecular formula is C17H31N3O3. The Morgan fingerprint density at radius 2 is 2.04 bits per heavy atom. The summed E-state index contributed by atoms with van der Waals surface area (Å²) in [5.74, 6) is 0.837. The number of nitrogens with one attached hydrogen (secondary N) is 2. The van der Waals surface area contributed by atoms with E-state index in [0.29, 0.717) is 13.1 Å². The molecule has 0 saturated heterocycles. The van der Waals surface area contributed by atoms with Gasteiger partial charge >= 0.3 is 6.09 Å². The Morgan fingerprint density at radius 3 is 2.57 bits per heavy atom. The fraction of sp³-hybridized carbons (Fsp3) is 0.765. The van der Waals surface area contributed by atoms with Gasteiger partial charge in [-0.1, -0.05) is 24.9 Å². The zero-order valence-electron chi connectivity index (χ0n) is 15.3. The summed E-state index contributed by atoms with van der Waals surface area (Å²) in [6.45, 7) is 12.8. The second kappa shape index (κ2) is 8.91. The lowest BCUT2D eigenvalue weighted by Gasteiger charge is -2.22. The number of alkyl carbamates (subject to hydrolysis) is 1. The molecule has 1 amide bonds. The largest absolute Gasteiger partial charge is 0.444 e. The van der Waals surface area contributed by atoms with Crippen molar-refractivity contribution in [1.29, 1.82) is 0 Å². The van der Waals surface area contributed by atoms with E-state index < -0.39 is 5.60 Å². The number of aromatic nitrogens is 1. The molecular weight excluding hydrogens is 294 g/mol. The molecule has 0 aliphatic carbocycles. The first kappa shape index (κ1) is 19.5. The Labute approximate surface area is 139 Å². The van der Waals surface area contributed by atoms with Crippen molar-refractivity contribution >= 4 is 6.09 Å². The first-order valence-corrected chi connectivity index (χ1v) is 8.35. The van der Waals surface area contributed by atoms with E-state index >= 15 is 0 Å². The van der Waals surface area contributed by atoms with Crippen molar-refractivity contribution in [3.8, 4) is 0 Å². The van der Waals surface area contributed by atoms with Crippen LogP contribution in [0.1, 0.15) is 64.0 Å². The van der Waals surface area contributed by atoms with Crippen LogP contribution in [-0.2, 0) is 11.3 Å². The average Bonchev–Trinajstić information content (AvgIpc) is 2.75. The summed E-state index contributed by atoms with van der Waals surface area (Å²) in [7, 11) is 0. The van der Waals surface area contributed by atoms with Crippen molar-refractivity contribution in [2.24, 2.45) is 0 Å². The molecule has 0 bridgehead atoms. The maximum absolute atomic E-state index is 11.8. The smallest absolute Gasteiger partial charge is 0.407 e. The fourth-order valence-electron chi connectivity index (χ4n) is 2.25. The van der Waals surface area contributed by atoms with Crippen LogP contribution in [0.25, 0.3) is 0 Å². The molecule has 0 spiro atoms. The zero-order valence-corrected chi connectivity index (χ0v) is 15.3. The van der Waals surface area contributed by atoms with Gasteiger partial charge in [-0.15, -0.1) is 0 Å². The predicted octanol–water partition coefficient (Wildman–Crippen LogP) is 3.46. The Hall–Kier alpha value is -1.56. The number of aryl methyl sites for hydroxylation is 2. The lowest BCUT2D eigenvalue weighted by atomic mass is 10.1. The van der Waals surface area contributed by atoms with Gasteiger partial charge in [-0.2, -0.15) is 0 Å². The molecule has 1 aromatic heterocycles. The van der Waals surface area contributed by atoms with Crippen LogP contribution >= 0.6 is 0 Å². The molecule has 23 heavy (non-hydrogen) atoms. The summed E-state index contributed by atoms with van der Waals surface area (Å²) >= 11 is 0. The van der Waals surface area contributed by atoms with Crippen LogP contribution in [0.5, 0.6) is 0 Å². The standard InChI is InChI=1S/C17H31N3O3/c1-7-8-9-14(10-19-16(21)22-17(4,5)6)18-11-15-12(2)20-23-13(15)3/h14,18H,7-11H2,1-6H3,(H,19,21). The van der Waals surface area contributed by atoms with E-state index in [9.17, 15) is 4.79 Å². The zero-order chi connectivity index (χ0) is 17.5. The summed E-state index contributed by atoms with van der Waals surface area (Å²) in [5.41, 5.74) is 1.51. The number of rotatable bonds is 8. The van der Waals surface area contributed by atoms with Gasteiger partial charge in [0.25, 0.3) is 0 Å². The lowest BCUT2D eigenvalue weighted by molar-refractivity contribution is 0.0521. The highest BCUT2D eigenvalue weighted by Gasteiger charge is 2.18. The first-order chi connectivity index (χ1) is 10.7. The molecule has 0 aliphatic heterocycles. The first-order valence-electron chi connectivity index (χ1n) is 8.35. The lowest BCUT2D eigenvalue weighted by Crippen LogP contribution is -2.42. The molecule has 1 atom stereocenters. The molecule has 0 fully saturated rings. The van der Waals surface area contributed by atoms with Crippen molar-refractivity contribution in [2.45, 2.75) is 79.0 Å². The average molecular weight is 325 g/mol. The Bertz CT molecular complexity index is 472. The summed E-state index contributed by atoms with van der Waals surface area (Å²) in [4.78, 5) is 11.8. The summed E-state index contributed by atoms with van der Waals surface area (Å²) in [6.07, 6.45) is 2.85. The monoisotopic (exact) mass is 325 g/mol. The Balaban J connectivity index is 2.50. The van der Waals surface area contributed by atoms with Crippen LogP contribution in [-0.4, -0.2) is 29.4 Å². The Morgan fingerprint density at radius 1 is 1.35 bits per heavy atom. The van der Waals surface area contributed by atoms with E-state index in [1.807, 2.05) is 34.6 Å². The van der Waals surface area contributed by atoms with E-state index in [4.69, 9.17) is 9.26 Å². The van der Waals surface area contributed by atoms with Gasteiger partial charge in [0.2, 0.25) is 0 Å². The van der Waals surface area contributed by atoms with Crippen LogP contribution in [0, 0.1) is 13.8 Å². The highest BCUT2D eigenvalue weighted by atomic mass is 16.6. The van der Waals surface area contributed by atoms with E-state index in [1.165, 1.54) is 0 Å². The number of unbranched alkanes of at least 4 members (excludes halogenated alkanes) is 1. The SMILES string of the molecule is CCCCC(CNC(=O)OC(C)(C)C)NCc1c(C)noc1C. The van der Waals surface area contributed by atoms with Gasteiger partial charge in [-0.25, -0.2) is 4.79 Å². The number of hydrogen-bond donors (Lipinski definition) is 2. The second-order valence-electron chi connectivity index (χ2n) is 6.91. The van der Waals surface area contributed by atoms with Gasteiger partial charge < -0.3 is 19.9 Å². The van der Waals surface area contributed by atoms with Crippen molar-refractivity contribution in [1.82, 2.24) is 15.8 Å².